The molecule has 0 aliphatic carbocycles. The van der Waals surface area contributed by atoms with Crippen LogP contribution in [-0.2, 0) is 0 Å². The first-order chi connectivity index (χ1) is 19.9. The van der Waals surface area contributed by atoms with Crippen molar-refractivity contribution in [3.8, 4) is 39.9 Å². The van der Waals surface area contributed by atoms with Gasteiger partial charge in [0.25, 0.3) is 0 Å². The van der Waals surface area contributed by atoms with Gasteiger partial charge in [-0.05, 0) is 36.4 Å². The van der Waals surface area contributed by atoms with Gasteiger partial charge >= 0.3 is 0 Å². The van der Waals surface area contributed by atoms with Gasteiger partial charge in [0.15, 0.2) is 11.6 Å². The second kappa shape index (κ2) is 9.03. The highest BCUT2D eigenvalue weighted by Gasteiger charge is 2.26. The molecule has 188 valence electrons. The van der Waals surface area contributed by atoms with Crippen molar-refractivity contribution in [2.75, 3.05) is 0 Å². The predicted octanol–water partition coefficient (Wildman–Crippen LogP) is 8.22. The number of nitrogens with zero attached hydrogens (tertiary/aromatic N) is 5. The highest BCUT2D eigenvalue weighted by atomic mass is 15.2. The molecule has 0 saturated heterocycles. The van der Waals surface area contributed by atoms with Gasteiger partial charge < -0.3 is 0 Å². The molecule has 8 rings (SSSR count). The zero-order valence-corrected chi connectivity index (χ0v) is 21.5. The molecular formula is C35H23N5. The van der Waals surface area contributed by atoms with Gasteiger partial charge in [0.1, 0.15) is 5.65 Å². The van der Waals surface area contributed by atoms with Crippen molar-refractivity contribution in [2.45, 2.75) is 0 Å². The van der Waals surface area contributed by atoms with E-state index < -0.39 is 0 Å². The van der Waals surface area contributed by atoms with Gasteiger partial charge in [-0.1, -0.05) is 103 Å². The molecule has 0 unspecified atom stereocenters. The zero-order chi connectivity index (χ0) is 26.5. The van der Waals surface area contributed by atoms with E-state index in [2.05, 4.69) is 100.0 Å². The molecule has 0 spiro atoms. The molecule has 5 heteroatoms. The van der Waals surface area contributed by atoms with Gasteiger partial charge in [-0.25, -0.2) is 15.0 Å². The van der Waals surface area contributed by atoms with Crippen molar-refractivity contribution in [3.63, 3.8) is 0 Å². The van der Waals surface area contributed by atoms with Crippen LogP contribution < -0.4 is 0 Å². The van der Waals surface area contributed by atoms with Crippen LogP contribution in [0.2, 0.25) is 0 Å². The number of fused-ring (bicyclic) bond motifs is 5. The van der Waals surface area contributed by atoms with E-state index in [9.17, 15) is 0 Å². The maximum Gasteiger partial charge on any atom is 0.183 e. The number of aromatic nitrogens is 5. The van der Waals surface area contributed by atoms with Crippen LogP contribution in [0.15, 0.2) is 140 Å². The Labute approximate surface area is 230 Å². The molecule has 3 aromatic heterocycles. The van der Waals surface area contributed by atoms with Gasteiger partial charge in [0.05, 0.1) is 27.9 Å². The number of hydrogen-bond acceptors (Lipinski definition) is 3. The van der Waals surface area contributed by atoms with Crippen molar-refractivity contribution in [1.29, 1.82) is 0 Å². The average Bonchev–Trinajstić information content (AvgIpc) is 3.62. The number of benzene rings is 5. The van der Waals surface area contributed by atoms with E-state index in [0.29, 0.717) is 0 Å². The van der Waals surface area contributed by atoms with Crippen LogP contribution in [-0.4, -0.2) is 23.9 Å². The summed E-state index contributed by atoms with van der Waals surface area (Å²) in [6.45, 7) is 0. The molecule has 5 nitrogen and oxygen atoms in total. The molecule has 0 amide bonds. The summed E-state index contributed by atoms with van der Waals surface area (Å²) in [6.07, 6.45) is 0. The summed E-state index contributed by atoms with van der Waals surface area (Å²) in [5.41, 5.74) is 8.72. The van der Waals surface area contributed by atoms with Crippen molar-refractivity contribution in [1.82, 2.24) is 23.9 Å². The molecule has 0 bridgehead atoms. The quantitative estimate of drug-likeness (QED) is 0.238. The minimum atomic E-state index is 0.741. The Balaban J connectivity index is 1.58. The summed E-state index contributed by atoms with van der Waals surface area (Å²) in [5.74, 6) is 1.49. The Morgan fingerprint density at radius 3 is 1.80 bits per heavy atom. The molecule has 5 aromatic carbocycles. The van der Waals surface area contributed by atoms with E-state index in [1.807, 2.05) is 48.5 Å². The Kier molecular flexibility index (Phi) is 5.07. The highest BCUT2D eigenvalue weighted by molar-refractivity contribution is 5.98. The Hall–Kier alpha value is -5.55. The summed E-state index contributed by atoms with van der Waals surface area (Å²) < 4.78 is 4.39. The van der Waals surface area contributed by atoms with E-state index in [1.165, 1.54) is 0 Å². The number of imidazole rings is 2. The van der Waals surface area contributed by atoms with Gasteiger partial charge in [-0.3, -0.25) is 8.97 Å². The van der Waals surface area contributed by atoms with Crippen molar-refractivity contribution < 1.29 is 0 Å². The van der Waals surface area contributed by atoms with E-state index >= 15 is 0 Å². The second-order valence-electron chi connectivity index (χ2n) is 9.75. The van der Waals surface area contributed by atoms with Crippen molar-refractivity contribution in [2.24, 2.45) is 0 Å². The standard InChI is InChI=1S/C35H23N5/c1-4-14-24(15-5-1)31-32(25-16-6-2-7-17-25)39(26-18-8-3-9-19-26)35(38-31)34-36-28-21-11-10-20-27(28)33-37-29-22-12-13-23-30(29)40(33)34/h1-23H. The van der Waals surface area contributed by atoms with E-state index in [1.54, 1.807) is 0 Å². The Bertz CT molecular complexity index is 2140. The number of hydrogen-bond donors (Lipinski definition) is 0. The fraction of sp³-hybridized carbons (Fsp3) is 0. The second-order valence-corrected chi connectivity index (χ2v) is 9.75. The molecule has 0 atom stereocenters. The molecule has 3 heterocycles. The van der Waals surface area contributed by atoms with Crippen LogP contribution in [0.3, 0.4) is 0 Å². The largest absolute Gasteiger partial charge is 0.289 e. The van der Waals surface area contributed by atoms with E-state index in [0.717, 1.165) is 67.4 Å². The van der Waals surface area contributed by atoms with E-state index in [-0.39, 0.29) is 0 Å². The lowest BCUT2D eigenvalue weighted by Crippen LogP contribution is -2.05. The lowest BCUT2D eigenvalue weighted by atomic mass is 10.0. The third-order valence-electron chi connectivity index (χ3n) is 7.33. The monoisotopic (exact) mass is 513 g/mol. The highest BCUT2D eigenvalue weighted by Crippen LogP contribution is 2.39. The third kappa shape index (κ3) is 3.45. The van der Waals surface area contributed by atoms with E-state index in [4.69, 9.17) is 15.0 Å². The molecule has 0 aliphatic heterocycles. The first-order valence-corrected chi connectivity index (χ1v) is 13.3. The molecule has 0 saturated carbocycles. The smallest absolute Gasteiger partial charge is 0.183 e. The normalized spacial score (nSPS) is 11.5. The van der Waals surface area contributed by atoms with Crippen molar-refractivity contribution in [3.05, 3.63) is 140 Å². The molecule has 0 radical (unpaired) electrons. The maximum atomic E-state index is 5.40. The molecular weight excluding hydrogens is 490 g/mol. The fourth-order valence-electron chi connectivity index (χ4n) is 5.55. The SMILES string of the molecule is c1ccc(-c2nc(-c3nc4ccccc4c4nc5ccccc5n34)n(-c3ccccc3)c2-c2ccccc2)cc1. The van der Waals surface area contributed by atoms with Crippen LogP contribution in [0.5, 0.6) is 0 Å². The first-order valence-electron chi connectivity index (χ1n) is 13.3. The lowest BCUT2D eigenvalue weighted by Gasteiger charge is -2.14. The molecule has 0 N–H and O–H groups in total. The number of rotatable bonds is 4. The lowest BCUT2D eigenvalue weighted by molar-refractivity contribution is 1.02. The average molecular weight is 514 g/mol. The van der Waals surface area contributed by atoms with Gasteiger partial charge in [-0.15, -0.1) is 0 Å². The van der Waals surface area contributed by atoms with Crippen molar-refractivity contribution >= 4 is 27.6 Å². The maximum absolute atomic E-state index is 5.40. The van der Waals surface area contributed by atoms with Gasteiger partial charge in [0, 0.05) is 22.2 Å². The first kappa shape index (κ1) is 22.4. The summed E-state index contributed by atoms with van der Waals surface area (Å²) in [6, 6.07) is 47.7. The van der Waals surface area contributed by atoms with Crippen LogP contribution in [0.4, 0.5) is 0 Å². The molecule has 0 aliphatic rings. The minimum Gasteiger partial charge on any atom is -0.289 e. The minimum absolute atomic E-state index is 0.741. The summed E-state index contributed by atoms with van der Waals surface area (Å²) in [5, 5.41) is 1.01. The zero-order valence-electron chi connectivity index (χ0n) is 21.5. The molecule has 8 aromatic rings. The van der Waals surface area contributed by atoms with Gasteiger partial charge in [-0.2, -0.15) is 0 Å². The molecule has 0 fully saturated rings. The van der Waals surface area contributed by atoms with Crippen LogP contribution in [0.1, 0.15) is 0 Å². The van der Waals surface area contributed by atoms with Crippen LogP contribution >= 0.6 is 0 Å². The topological polar surface area (TPSA) is 48.0 Å². The predicted molar refractivity (Wildman–Crippen MR) is 161 cm³/mol. The third-order valence-corrected chi connectivity index (χ3v) is 7.33. The fourth-order valence-corrected chi connectivity index (χ4v) is 5.55. The summed E-state index contributed by atoms with van der Waals surface area (Å²) in [7, 11) is 0. The van der Waals surface area contributed by atoms with Gasteiger partial charge in [0.2, 0.25) is 0 Å². The Morgan fingerprint density at radius 2 is 1.05 bits per heavy atom. The van der Waals surface area contributed by atoms with Crippen LogP contribution in [0, 0.1) is 0 Å². The van der Waals surface area contributed by atoms with Crippen LogP contribution in [0.25, 0.3) is 67.4 Å². The molecule has 40 heavy (non-hydrogen) atoms. The number of para-hydroxylation sites is 4. The summed E-state index contributed by atoms with van der Waals surface area (Å²) >= 11 is 0. The Morgan fingerprint density at radius 1 is 0.450 bits per heavy atom. The summed E-state index contributed by atoms with van der Waals surface area (Å²) in [4.78, 5) is 15.7.